The van der Waals surface area contributed by atoms with Gasteiger partial charge in [-0.2, -0.15) is 0 Å². The number of fused-ring (bicyclic) bond motifs is 1. The Morgan fingerprint density at radius 2 is 1.86 bits per heavy atom. The van der Waals surface area contributed by atoms with E-state index in [0.29, 0.717) is 23.2 Å². The second kappa shape index (κ2) is 9.13. The highest BCUT2D eigenvalue weighted by Gasteiger charge is 2.23. The number of likely N-dealkylation sites (N-methyl/N-ethyl adjacent to an activating group) is 1. The number of rotatable bonds is 5. The molecule has 0 saturated heterocycles. The summed E-state index contributed by atoms with van der Waals surface area (Å²) in [4.78, 5) is 21.0. The van der Waals surface area contributed by atoms with Gasteiger partial charge in [0.1, 0.15) is 0 Å². The van der Waals surface area contributed by atoms with Gasteiger partial charge >= 0.3 is 0 Å². The fourth-order valence-corrected chi connectivity index (χ4v) is 3.78. The van der Waals surface area contributed by atoms with Gasteiger partial charge in [-0.3, -0.25) is 9.69 Å². The molecule has 0 fully saturated rings. The number of aryl methyl sites for hydroxylation is 1. The van der Waals surface area contributed by atoms with Crippen molar-refractivity contribution in [3.63, 3.8) is 0 Å². The number of thiazole rings is 1. The van der Waals surface area contributed by atoms with Crippen molar-refractivity contribution in [1.82, 2.24) is 9.88 Å². The van der Waals surface area contributed by atoms with Gasteiger partial charge in [-0.15, -0.1) is 12.4 Å². The van der Waals surface area contributed by atoms with E-state index in [1.54, 1.807) is 6.07 Å². The third-order valence-electron chi connectivity index (χ3n) is 4.15. The lowest BCUT2D eigenvalue weighted by atomic mass is 10.2. The summed E-state index contributed by atoms with van der Waals surface area (Å²) < 4.78 is 27.7. The molecule has 0 aliphatic carbocycles. The summed E-state index contributed by atoms with van der Waals surface area (Å²) in [6, 6.07) is 6.80. The Bertz CT molecular complexity index is 1010. The molecule has 0 aliphatic rings. The Kier molecular flexibility index (Phi) is 7.33. The molecule has 0 N–H and O–H groups in total. The molecular formula is C19H19Cl2F2N3OS. The van der Waals surface area contributed by atoms with Crippen LogP contribution in [0.1, 0.15) is 15.9 Å². The molecular weight excluding hydrogens is 427 g/mol. The third-order valence-corrected chi connectivity index (χ3v) is 5.60. The number of nitrogens with zero attached hydrogens (tertiary/aromatic N) is 3. The zero-order valence-corrected chi connectivity index (χ0v) is 17.9. The minimum absolute atomic E-state index is 0. The van der Waals surface area contributed by atoms with Gasteiger partial charge in [0.25, 0.3) is 5.91 Å². The quantitative estimate of drug-likeness (QED) is 0.543. The molecule has 0 aliphatic heterocycles. The first-order chi connectivity index (χ1) is 12.8. The zero-order valence-electron chi connectivity index (χ0n) is 15.5. The van der Waals surface area contributed by atoms with Crippen LogP contribution >= 0.6 is 35.3 Å². The van der Waals surface area contributed by atoms with Crippen molar-refractivity contribution in [2.24, 2.45) is 0 Å². The number of carbonyl (C=O) groups excluding carboxylic acids is 1. The fraction of sp³-hybridized carbons (Fsp3) is 0.263. The Balaban J connectivity index is 0.00000280. The number of benzene rings is 2. The van der Waals surface area contributed by atoms with Gasteiger partial charge in [0.05, 0.1) is 10.2 Å². The highest BCUT2D eigenvalue weighted by Crippen LogP contribution is 2.34. The van der Waals surface area contributed by atoms with Gasteiger partial charge in [0, 0.05) is 23.7 Å². The maximum atomic E-state index is 13.6. The van der Waals surface area contributed by atoms with Crippen LogP contribution in [0.2, 0.25) is 5.02 Å². The Morgan fingerprint density at radius 1 is 1.14 bits per heavy atom. The second-order valence-corrected chi connectivity index (χ2v) is 7.82. The van der Waals surface area contributed by atoms with E-state index in [0.717, 1.165) is 27.9 Å². The molecule has 0 radical (unpaired) electrons. The van der Waals surface area contributed by atoms with E-state index in [4.69, 9.17) is 11.6 Å². The Hall–Kier alpha value is -1.80. The van der Waals surface area contributed by atoms with Gasteiger partial charge < -0.3 is 4.90 Å². The van der Waals surface area contributed by atoms with Crippen LogP contribution in [0.15, 0.2) is 30.3 Å². The molecule has 0 spiro atoms. The van der Waals surface area contributed by atoms with Crippen molar-refractivity contribution in [3.8, 4) is 0 Å². The van der Waals surface area contributed by atoms with Gasteiger partial charge in [-0.1, -0.05) is 22.9 Å². The first kappa shape index (κ1) is 22.5. The highest BCUT2D eigenvalue weighted by molar-refractivity contribution is 7.22. The first-order valence-electron chi connectivity index (χ1n) is 8.25. The summed E-state index contributed by atoms with van der Waals surface area (Å²) in [5.74, 6) is -2.48. The summed E-state index contributed by atoms with van der Waals surface area (Å²) in [5.41, 5.74) is 1.64. The summed E-state index contributed by atoms with van der Waals surface area (Å²) in [7, 11) is 3.78. The topological polar surface area (TPSA) is 36.4 Å². The molecule has 2 aromatic carbocycles. The van der Waals surface area contributed by atoms with E-state index in [1.807, 2.05) is 32.0 Å². The molecule has 0 bridgehead atoms. The number of aromatic nitrogens is 1. The monoisotopic (exact) mass is 445 g/mol. The highest BCUT2D eigenvalue weighted by atomic mass is 35.5. The number of hydrogen-bond donors (Lipinski definition) is 0. The van der Waals surface area contributed by atoms with E-state index >= 15 is 0 Å². The van der Waals surface area contributed by atoms with E-state index in [-0.39, 0.29) is 18.0 Å². The third kappa shape index (κ3) is 4.60. The molecule has 0 unspecified atom stereocenters. The summed E-state index contributed by atoms with van der Waals surface area (Å²) >= 11 is 7.53. The summed E-state index contributed by atoms with van der Waals surface area (Å²) in [6.45, 7) is 2.82. The summed E-state index contributed by atoms with van der Waals surface area (Å²) in [5, 5.41) is 1.10. The predicted molar refractivity (Wildman–Crippen MR) is 113 cm³/mol. The standard InChI is InChI=1S/C19H18ClF2N3OS.ClH/c1-11-13(20)5-7-16-17(11)23-19(27-16)25(9-8-24(2)3)18(26)12-4-6-14(21)15(22)10-12;/h4-7,10H,8-9H2,1-3H3;1H. The maximum absolute atomic E-state index is 13.6. The minimum Gasteiger partial charge on any atom is -0.308 e. The molecule has 9 heteroatoms. The van der Waals surface area contributed by atoms with Crippen LogP contribution in [0.25, 0.3) is 10.2 Å². The van der Waals surface area contributed by atoms with Crippen molar-refractivity contribution < 1.29 is 13.6 Å². The number of halogens is 4. The molecule has 28 heavy (non-hydrogen) atoms. The molecule has 1 amide bonds. The maximum Gasteiger partial charge on any atom is 0.260 e. The van der Waals surface area contributed by atoms with E-state index in [9.17, 15) is 13.6 Å². The van der Waals surface area contributed by atoms with Crippen molar-refractivity contribution in [2.45, 2.75) is 6.92 Å². The van der Waals surface area contributed by atoms with Crippen molar-refractivity contribution in [2.75, 3.05) is 32.1 Å². The van der Waals surface area contributed by atoms with Crippen LogP contribution in [0.4, 0.5) is 13.9 Å². The lowest BCUT2D eigenvalue weighted by molar-refractivity contribution is 0.0984. The Morgan fingerprint density at radius 3 is 2.50 bits per heavy atom. The molecule has 4 nitrogen and oxygen atoms in total. The van der Waals surface area contributed by atoms with Crippen LogP contribution in [0.3, 0.4) is 0 Å². The van der Waals surface area contributed by atoms with Crippen LogP contribution in [0, 0.1) is 18.6 Å². The first-order valence-corrected chi connectivity index (χ1v) is 9.44. The predicted octanol–water partition coefficient (Wildman–Crippen LogP) is 5.17. The smallest absolute Gasteiger partial charge is 0.260 e. The van der Waals surface area contributed by atoms with E-state index < -0.39 is 17.5 Å². The van der Waals surface area contributed by atoms with Crippen molar-refractivity contribution in [1.29, 1.82) is 0 Å². The molecule has 1 aromatic heterocycles. The van der Waals surface area contributed by atoms with Crippen molar-refractivity contribution in [3.05, 3.63) is 58.1 Å². The van der Waals surface area contributed by atoms with Gasteiger partial charge in [0.15, 0.2) is 16.8 Å². The normalized spacial score (nSPS) is 11.0. The largest absolute Gasteiger partial charge is 0.308 e. The van der Waals surface area contributed by atoms with Crippen LogP contribution < -0.4 is 4.90 Å². The number of hydrogen-bond acceptors (Lipinski definition) is 4. The average Bonchev–Trinajstić information content (AvgIpc) is 3.05. The number of carbonyl (C=O) groups is 1. The molecule has 0 saturated carbocycles. The van der Waals surface area contributed by atoms with E-state index in [2.05, 4.69) is 4.98 Å². The van der Waals surface area contributed by atoms with Gasteiger partial charge in [-0.25, -0.2) is 13.8 Å². The average molecular weight is 446 g/mol. The SMILES string of the molecule is Cc1c(Cl)ccc2sc(N(CCN(C)C)C(=O)c3ccc(F)c(F)c3)nc12.Cl. The van der Waals surface area contributed by atoms with Crippen LogP contribution in [-0.4, -0.2) is 43.0 Å². The molecule has 150 valence electrons. The van der Waals surface area contributed by atoms with E-state index in [1.165, 1.54) is 22.3 Å². The fourth-order valence-electron chi connectivity index (χ4n) is 2.57. The lowest BCUT2D eigenvalue weighted by Crippen LogP contribution is -2.36. The summed E-state index contributed by atoms with van der Waals surface area (Å²) in [6.07, 6.45) is 0. The zero-order chi connectivity index (χ0) is 19.7. The molecule has 3 aromatic rings. The van der Waals surface area contributed by atoms with Gasteiger partial charge in [0.2, 0.25) is 0 Å². The minimum atomic E-state index is -1.06. The lowest BCUT2D eigenvalue weighted by Gasteiger charge is -2.22. The molecule has 0 atom stereocenters. The molecule has 1 heterocycles. The molecule has 3 rings (SSSR count). The van der Waals surface area contributed by atoms with Crippen LogP contribution in [-0.2, 0) is 0 Å². The second-order valence-electron chi connectivity index (χ2n) is 6.40. The van der Waals surface area contributed by atoms with Crippen molar-refractivity contribution >= 4 is 56.6 Å². The van der Waals surface area contributed by atoms with Crippen LogP contribution in [0.5, 0.6) is 0 Å². The Labute approximate surface area is 177 Å². The van der Waals surface area contributed by atoms with Gasteiger partial charge in [-0.05, 0) is 56.9 Å². The number of amides is 1. The number of anilines is 1.